The van der Waals surface area contributed by atoms with Crippen LogP contribution >= 0.6 is 0 Å². The lowest BCUT2D eigenvalue weighted by Gasteiger charge is -2.04. The van der Waals surface area contributed by atoms with Gasteiger partial charge in [0, 0.05) is 12.4 Å². The van der Waals surface area contributed by atoms with Crippen LogP contribution in [0.4, 0.5) is 0 Å². The zero-order valence-electron chi connectivity index (χ0n) is 8.08. The summed E-state index contributed by atoms with van der Waals surface area (Å²) in [5.74, 6) is 0.0303. The molecule has 1 heterocycles. The van der Waals surface area contributed by atoms with Gasteiger partial charge >= 0.3 is 0 Å². The van der Waals surface area contributed by atoms with Gasteiger partial charge in [0.25, 0.3) is 0 Å². The van der Waals surface area contributed by atoms with Crippen molar-refractivity contribution < 1.29 is 8.42 Å². The molecule has 0 spiro atoms. The summed E-state index contributed by atoms with van der Waals surface area (Å²) in [6.07, 6.45) is 3.08. The van der Waals surface area contributed by atoms with Crippen molar-refractivity contribution in [3.63, 3.8) is 0 Å². The molecular weight excluding hydrogens is 210 g/mol. The Balaban J connectivity index is 2.27. The third-order valence-electron chi connectivity index (χ3n) is 2.09. The molecule has 0 unspecified atom stereocenters. The lowest BCUT2D eigenvalue weighted by Crippen LogP contribution is -2.12. The lowest BCUT2D eigenvalue weighted by atomic mass is 10.2. The lowest BCUT2D eigenvalue weighted by molar-refractivity contribution is 0.586. The average molecular weight is 221 g/mol. The van der Waals surface area contributed by atoms with Crippen molar-refractivity contribution in [2.24, 2.45) is 0 Å². The van der Waals surface area contributed by atoms with Crippen LogP contribution in [0.1, 0.15) is 5.56 Å². The first-order chi connectivity index (χ1) is 7.18. The second-order valence-electron chi connectivity index (χ2n) is 3.25. The third-order valence-corrected chi connectivity index (χ3v) is 3.67. The van der Waals surface area contributed by atoms with Crippen molar-refractivity contribution in [1.29, 1.82) is 0 Å². The van der Waals surface area contributed by atoms with Crippen molar-refractivity contribution >= 4 is 10.0 Å². The maximum absolute atomic E-state index is 11.8. The van der Waals surface area contributed by atoms with E-state index in [9.17, 15) is 8.42 Å². The highest BCUT2D eigenvalue weighted by atomic mass is 32.2. The van der Waals surface area contributed by atoms with Gasteiger partial charge in [-0.1, -0.05) is 30.3 Å². The fourth-order valence-corrected chi connectivity index (χ4v) is 2.64. The summed E-state index contributed by atoms with van der Waals surface area (Å²) >= 11 is 0. The molecule has 0 aliphatic heterocycles. The van der Waals surface area contributed by atoms with Crippen LogP contribution in [-0.2, 0) is 15.8 Å². The van der Waals surface area contributed by atoms with Crippen molar-refractivity contribution in [3.8, 4) is 0 Å². The number of hydrogen-bond donors (Lipinski definition) is 0. The van der Waals surface area contributed by atoms with Crippen LogP contribution in [0.25, 0.3) is 0 Å². The Morgan fingerprint density at radius 3 is 2.13 bits per heavy atom. The fraction of sp³-hybridized carbons (Fsp3) is 0.0909. The maximum Gasteiger partial charge on any atom is 0.242 e. The zero-order valence-corrected chi connectivity index (χ0v) is 8.89. The molecule has 0 radical (unpaired) electrons. The third kappa shape index (κ3) is 2.27. The first-order valence-electron chi connectivity index (χ1n) is 4.59. The molecule has 2 rings (SSSR count). The Morgan fingerprint density at radius 2 is 1.53 bits per heavy atom. The minimum Gasteiger partial charge on any atom is -0.253 e. The summed E-state index contributed by atoms with van der Waals surface area (Å²) in [7, 11) is -3.25. The van der Waals surface area contributed by atoms with Gasteiger partial charge in [-0.3, -0.25) is 3.97 Å². The van der Waals surface area contributed by atoms with Crippen LogP contribution in [0, 0.1) is 0 Å². The molecule has 0 atom stereocenters. The molecule has 78 valence electrons. The number of hydrogen-bond acceptors (Lipinski definition) is 2. The predicted octanol–water partition coefficient (Wildman–Crippen LogP) is 1.87. The monoisotopic (exact) mass is 221 g/mol. The number of rotatable bonds is 3. The van der Waals surface area contributed by atoms with Gasteiger partial charge in [0.1, 0.15) is 0 Å². The summed E-state index contributed by atoms with van der Waals surface area (Å²) in [5, 5.41) is 0. The molecule has 2 aromatic rings. The van der Waals surface area contributed by atoms with E-state index in [1.807, 2.05) is 18.2 Å². The van der Waals surface area contributed by atoms with Crippen molar-refractivity contribution in [2.45, 2.75) is 5.75 Å². The molecule has 3 nitrogen and oxygen atoms in total. The Kier molecular flexibility index (Phi) is 2.60. The Hall–Kier alpha value is -1.55. The van der Waals surface area contributed by atoms with Crippen LogP contribution in [0.2, 0.25) is 0 Å². The van der Waals surface area contributed by atoms with Gasteiger partial charge in [-0.05, 0) is 17.7 Å². The molecule has 0 N–H and O–H groups in total. The number of aromatic nitrogens is 1. The minimum atomic E-state index is -3.25. The molecule has 0 amide bonds. The molecule has 0 aliphatic rings. The van der Waals surface area contributed by atoms with Crippen LogP contribution in [0.5, 0.6) is 0 Å². The molecule has 0 aliphatic carbocycles. The van der Waals surface area contributed by atoms with Gasteiger partial charge in [0.05, 0.1) is 5.75 Å². The van der Waals surface area contributed by atoms with Crippen LogP contribution in [0.15, 0.2) is 54.9 Å². The molecule has 0 bridgehead atoms. The fourth-order valence-electron chi connectivity index (χ4n) is 1.36. The number of benzene rings is 1. The van der Waals surface area contributed by atoms with Gasteiger partial charge in [-0.25, -0.2) is 8.42 Å². The first kappa shape index (κ1) is 9.98. The predicted molar refractivity (Wildman–Crippen MR) is 58.9 cm³/mol. The standard InChI is InChI=1S/C11H11NO2S/c13-15(14,12-8-4-5-9-12)10-11-6-2-1-3-7-11/h1-9H,10H2. The van der Waals surface area contributed by atoms with Crippen LogP contribution in [0.3, 0.4) is 0 Å². The average Bonchev–Trinajstić information content (AvgIpc) is 2.71. The molecule has 1 aromatic heterocycles. The molecule has 1 aromatic carbocycles. The molecule has 4 heteroatoms. The van der Waals surface area contributed by atoms with E-state index in [2.05, 4.69) is 0 Å². The molecule has 0 saturated heterocycles. The summed E-state index contributed by atoms with van der Waals surface area (Å²) in [6.45, 7) is 0. The summed E-state index contributed by atoms with van der Waals surface area (Å²) in [4.78, 5) is 0. The van der Waals surface area contributed by atoms with E-state index >= 15 is 0 Å². The smallest absolute Gasteiger partial charge is 0.242 e. The topological polar surface area (TPSA) is 39.1 Å². The maximum atomic E-state index is 11.8. The first-order valence-corrected chi connectivity index (χ1v) is 6.19. The normalized spacial score (nSPS) is 11.5. The van der Waals surface area contributed by atoms with E-state index in [1.54, 1.807) is 24.3 Å². The van der Waals surface area contributed by atoms with E-state index in [0.717, 1.165) is 5.56 Å². The quantitative estimate of drug-likeness (QED) is 0.793. The van der Waals surface area contributed by atoms with Crippen LogP contribution in [-0.4, -0.2) is 12.4 Å². The van der Waals surface area contributed by atoms with Crippen molar-refractivity contribution in [2.75, 3.05) is 0 Å². The van der Waals surface area contributed by atoms with Crippen LogP contribution < -0.4 is 0 Å². The molecule has 15 heavy (non-hydrogen) atoms. The number of nitrogens with zero attached hydrogens (tertiary/aromatic N) is 1. The summed E-state index contributed by atoms with van der Waals surface area (Å²) in [5.41, 5.74) is 0.797. The van der Waals surface area contributed by atoms with E-state index in [0.29, 0.717) is 0 Å². The summed E-state index contributed by atoms with van der Waals surface area (Å²) < 4.78 is 24.9. The summed E-state index contributed by atoms with van der Waals surface area (Å²) in [6, 6.07) is 12.5. The highest BCUT2D eigenvalue weighted by molar-refractivity contribution is 7.89. The van der Waals surface area contributed by atoms with Gasteiger partial charge < -0.3 is 0 Å². The van der Waals surface area contributed by atoms with Gasteiger partial charge in [-0.2, -0.15) is 0 Å². The van der Waals surface area contributed by atoms with Gasteiger partial charge in [0.15, 0.2) is 0 Å². The zero-order chi connectivity index (χ0) is 10.7. The Bertz CT molecular complexity index is 515. The molecule has 0 saturated carbocycles. The van der Waals surface area contributed by atoms with E-state index in [4.69, 9.17) is 0 Å². The SMILES string of the molecule is O=S(=O)(Cc1ccccc1)n1cccc1. The minimum absolute atomic E-state index is 0.0303. The van der Waals surface area contributed by atoms with E-state index in [-0.39, 0.29) is 5.75 Å². The molecule has 0 fully saturated rings. The Morgan fingerprint density at radius 1 is 0.933 bits per heavy atom. The highest BCUT2D eigenvalue weighted by Crippen LogP contribution is 2.08. The van der Waals surface area contributed by atoms with E-state index < -0.39 is 10.0 Å². The van der Waals surface area contributed by atoms with Gasteiger partial charge in [-0.15, -0.1) is 0 Å². The second-order valence-corrected chi connectivity index (χ2v) is 5.13. The van der Waals surface area contributed by atoms with Gasteiger partial charge in [0.2, 0.25) is 10.0 Å². The van der Waals surface area contributed by atoms with Crippen molar-refractivity contribution in [3.05, 3.63) is 60.4 Å². The van der Waals surface area contributed by atoms with E-state index in [1.165, 1.54) is 16.4 Å². The van der Waals surface area contributed by atoms with Crippen molar-refractivity contribution in [1.82, 2.24) is 3.97 Å². The Labute approximate surface area is 89.0 Å². The highest BCUT2D eigenvalue weighted by Gasteiger charge is 2.12. The molecular formula is C11H11NO2S. The second kappa shape index (κ2) is 3.90. The largest absolute Gasteiger partial charge is 0.253 e.